The molecule has 0 bridgehead atoms. The molecule has 1 aliphatic heterocycles. The number of aryl methyl sites for hydroxylation is 1. The van der Waals surface area contributed by atoms with E-state index < -0.39 is 0 Å². The molecule has 3 aromatic carbocycles. The fourth-order valence-electron chi connectivity index (χ4n) is 4.75. The van der Waals surface area contributed by atoms with Crippen molar-refractivity contribution in [2.45, 2.75) is 39.2 Å². The molecule has 196 valence electrons. The average Bonchev–Trinajstić information content (AvgIpc) is 2.89. The molecule has 0 aliphatic carbocycles. The second-order valence-electron chi connectivity index (χ2n) is 9.24. The van der Waals surface area contributed by atoms with E-state index in [4.69, 9.17) is 21.1 Å². The molecule has 0 radical (unpaired) electrons. The van der Waals surface area contributed by atoms with Crippen LogP contribution in [0.3, 0.4) is 0 Å². The van der Waals surface area contributed by atoms with Gasteiger partial charge >= 0.3 is 5.97 Å². The summed E-state index contributed by atoms with van der Waals surface area (Å²) in [6.45, 7) is 5.17. The van der Waals surface area contributed by atoms with Crippen LogP contribution in [0.4, 0.5) is 15.8 Å². The van der Waals surface area contributed by atoms with Gasteiger partial charge in [-0.1, -0.05) is 29.8 Å². The molecule has 1 heterocycles. The molecule has 0 aromatic heterocycles. The number of rotatable bonds is 11. The topological polar surface area (TPSA) is 42.0 Å². The molecule has 0 fully saturated rings. The van der Waals surface area contributed by atoms with Crippen molar-refractivity contribution < 1.29 is 18.7 Å². The van der Waals surface area contributed by atoms with E-state index in [2.05, 4.69) is 28.0 Å². The third-order valence-corrected chi connectivity index (χ3v) is 6.93. The van der Waals surface area contributed by atoms with E-state index in [0.29, 0.717) is 36.8 Å². The van der Waals surface area contributed by atoms with Crippen molar-refractivity contribution in [3.8, 4) is 5.75 Å². The first-order valence-electron chi connectivity index (χ1n) is 12.8. The molecule has 7 heteroatoms. The van der Waals surface area contributed by atoms with Gasteiger partial charge in [-0.15, -0.1) is 0 Å². The van der Waals surface area contributed by atoms with Crippen LogP contribution in [0.1, 0.15) is 36.5 Å². The molecular weight excluding hydrogens is 491 g/mol. The van der Waals surface area contributed by atoms with E-state index in [9.17, 15) is 9.18 Å². The highest BCUT2D eigenvalue weighted by Gasteiger charge is 2.20. The van der Waals surface area contributed by atoms with Crippen LogP contribution < -0.4 is 14.5 Å². The van der Waals surface area contributed by atoms with Crippen molar-refractivity contribution in [1.82, 2.24) is 0 Å². The summed E-state index contributed by atoms with van der Waals surface area (Å²) in [6.07, 6.45) is 2.61. The lowest BCUT2D eigenvalue weighted by atomic mass is 9.95. The Bertz CT molecular complexity index is 1200. The highest BCUT2D eigenvalue weighted by atomic mass is 35.5. The second kappa shape index (κ2) is 12.8. The Morgan fingerprint density at radius 2 is 1.92 bits per heavy atom. The molecule has 0 N–H and O–H groups in total. The third kappa shape index (κ3) is 7.16. The fourth-order valence-corrected chi connectivity index (χ4v) is 4.88. The first-order chi connectivity index (χ1) is 17.9. The normalized spacial score (nSPS) is 12.7. The van der Waals surface area contributed by atoms with E-state index in [0.717, 1.165) is 37.4 Å². The van der Waals surface area contributed by atoms with Gasteiger partial charge < -0.3 is 19.3 Å². The molecule has 0 spiro atoms. The van der Waals surface area contributed by atoms with Crippen molar-refractivity contribution >= 4 is 28.9 Å². The Morgan fingerprint density at radius 1 is 1.11 bits per heavy atom. The van der Waals surface area contributed by atoms with Gasteiger partial charge in [-0.3, -0.25) is 4.79 Å². The van der Waals surface area contributed by atoms with Crippen LogP contribution in [0, 0.1) is 5.82 Å². The Morgan fingerprint density at radius 3 is 2.68 bits per heavy atom. The van der Waals surface area contributed by atoms with Crippen molar-refractivity contribution in [3.63, 3.8) is 0 Å². The van der Waals surface area contributed by atoms with E-state index >= 15 is 0 Å². The number of benzene rings is 3. The lowest BCUT2D eigenvalue weighted by Gasteiger charge is -2.33. The van der Waals surface area contributed by atoms with Gasteiger partial charge in [0.05, 0.1) is 13.2 Å². The number of esters is 1. The summed E-state index contributed by atoms with van der Waals surface area (Å²) in [5.41, 5.74) is 5.17. The zero-order valence-electron chi connectivity index (χ0n) is 21.5. The minimum Gasteiger partial charge on any atom is -0.492 e. The maximum atomic E-state index is 14.8. The summed E-state index contributed by atoms with van der Waals surface area (Å²) in [5, 5.41) is 0.697. The zero-order chi connectivity index (χ0) is 26.2. The Labute approximate surface area is 223 Å². The highest BCUT2D eigenvalue weighted by Crippen LogP contribution is 2.31. The van der Waals surface area contributed by atoms with Gasteiger partial charge in [0.1, 0.15) is 18.2 Å². The standard InChI is InChI=1S/C30H34ClFN2O3/c1-3-36-30(35)16-10-22-9-13-25(20-28(22)32)33(2)21-23-6-4-8-29-27(23)7-5-17-34(29)18-19-37-26-14-11-24(31)12-15-26/h4,6,8-9,11-15,20H,3,5,7,10,16-19,21H2,1-2H3. The van der Waals surface area contributed by atoms with E-state index in [-0.39, 0.29) is 18.2 Å². The molecule has 0 saturated carbocycles. The summed E-state index contributed by atoms with van der Waals surface area (Å²) >= 11 is 5.96. The predicted molar refractivity (Wildman–Crippen MR) is 147 cm³/mol. The SMILES string of the molecule is CCOC(=O)CCc1ccc(N(C)Cc2cccc3c2CCCN3CCOc2ccc(Cl)cc2)cc1F. The number of nitrogens with zero attached hydrogens (tertiary/aromatic N) is 2. The van der Waals surface area contributed by atoms with E-state index in [1.165, 1.54) is 16.8 Å². The summed E-state index contributed by atoms with van der Waals surface area (Å²) in [6, 6.07) is 19.1. The molecule has 0 amide bonds. The number of hydrogen-bond donors (Lipinski definition) is 0. The fraction of sp³-hybridized carbons (Fsp3) is 0.367. The van der Waals surface area contributed by atoms with Gasteiger partial charge in [-0.05, 0) is 85.3 Å². The smallest absolute Gasteiger partial charge is 0.306 e. The minimum absolute atomic E-state index is 0.178. The van der Waals surface area contributed by atoms with Gasteiger partial charge in [0.2, 0.25) is 0 Å². The van der Waals surface area contributed by atoms with Crippen LogP contribution in [-0.4, -0.2) is 39.3 Å². The summed E-state index contributed by atoms with van der Waals surface area (Å²) in [4.78, 5) is 16.1. The van der Waals surface area contributed by atoms with Gasteiger partial charge in [-0.2, -0.15) is 0 Å². The number of fused-ring (bicyclic) bond motifs is 1. The monoisotopic (exact) mass is 524 g/mol. The van der Waals surface area contributed by atoms with Crippen LogP contribution in [0.15, 0.2) is 60.7 Å². The Hall–Kier alpha value is -3.25. The molecule has 5 nitrogen and oxygen atoms in total. The maximum absolute atomic E-state index is 14.8. The summed E-state index contributed by atoms with van der Waals surface area (Å²) < 4.78 is 25.6. The number of ether oxygens (including phenoxy) is 2. The first-order valence-corrected chi connectivity index (χ1v) is 13.2. The Balaban J connectivity index is 1.39. The van der Waals surface area contributed by atoms with E-state index in [1.807, 2.05) is 37.4 Å². The first kappa shape index (κ1) is 26.8. The van der Waals surface area contributed by atoms with Crippen LogP contribution in [-0.2, 0) is 28.9 Å². The van der Waals surface area contributed by atoms with E-state index in [1.54, 1.807) is 19.1 Å². The summed E-state index contributed by atoms with van der Waals surface area (Å²) in [5.74, 6) is 0.217. The quantitative estimate of drug-likeness (QED) is 0.270. The lowest BCUT2D eigenvalue weighted by molar-refractivity contribution is -0.143. The van der Waals surface area contributed by atoms with Crippen LogP contribution in [0.25, 0.3) is 0 Å². The number of carbonyl (C=O) groups is 1. The molecule has 0 atom stereocenters. The molecule has 4 rings (SSSR count). The molecule has 37 heavy (non-hydrogen) atoms. The van der Waals surface area contributed by atoms with Crippen LogP contribution in [0.2, 0.25) is 5.02 Å². The number of hydrogen-bond acceptors (Lipinski definition) is 5. The highest BCUT2D eigenvalue weighted by molar-refractivity contribution is 6.30. The second-order valence-corrected chi connectivity index (χ2v) is 9.68. The van der Waals surface area contributed by atoms with Gasteiger partial charge in [-0.25, -0.2) is 4.39 Å². The largest absolute Gasteiger partial charge is 0.492 e. The molecule has 3 aromatic rings. The Kier molecular flexibility index (Phi) is 9.29. The average molecular weight is 525 g/mol. The van der Waals surface area contributed by atoms with Gasteiger partial charge in [0.25, 0.3) is 0 Å². The zero-order valence-corrected chi connectivity index (χ0v) is 22.3. The van der Waals surface area contributed by atoms with Crippen molar-refractivity contribution in [2.75, 3.05) is 43.2 Å². The molecule has 0 unspecified atom stereocenters. The predicted octanol–water partition coefficient (Wildman–Crippen LogP) is 6.44. The van der Waals surface area contributed by atoms with Gasteiger partial charge in [0, 0.05) is 43.0 Å². The summed E-state index contributed by atoms with van der Waals surface area (Å²) in [7, 11) is 1.98. The van der Waals surface area contributed by atoms with Crippen LogP contribution in [0.5, 0.6) is 5.75 Å². The van der Waals surface area contributed by atoms with Crippen molar-refractivity contribution in [1.29, 1.82) is 0 Å². The van der Waals surface area contributed by atoms with Crippen LogP contribution >= 0.6 is 11.6 Å². The number of anilines is 2. The third-order valence-electron chi connectivity index (χ3n) is 6.68. The van der Waals surface area contributed by atoms with Crippen molar-refractivity contribution in [3.05, 3.63) is 88.2 Å². The molecule has 0 saturated heterocycles. The molecular formula is C30H34ClFN2O3. The number of halogens is 2. The minimum atomic E-state index is -0.303. The lowest BCUT2D eigenvalue weighted by Crippen LogP contribution is -2.34. The van der Waals surface area contributed by atoms with Crippen molar-refractivity contribution in [2.24, 2.45) is 0 Å². The van der Waals surface area contributed by atoms with Gasteiger partial charge in [0.15, 0.2) is 0 Å². The number of carbonyl (C=O) groups excluding carboxylic acids is 1. The molecule has 1 aliphatic rings. The maximum Gasteiger partial charge on any atom is 0.306 e.